The van der Waals surface area contributed by atoms with E-state index in [4.69, 9.17) is 9.47 Å². The Morgan fingerprint density at radius 3 is 2.55 bits per heavy atom. The Morgan fingerprint density at radius 2 is 1.87 bits per heavy atom. The van der Waals surface area contributed by atoms with Crippen LogP contribution in [0.25, 0.3) is 0 Å². The average molecular weight is 458 g/mol. The molecule has 0 spiro atoms. The molecule has 0 saturated carbocycles. The topological polar surface area (TPSA) is 81.7 Å². The lowest BCUT2D eigenvalue weighted by Crippen LogP contribution is -2.23. The first-order valence-corrected chi connectivity index (χ1v) is 12.2. The van der Waals surface area contributed by atoms with Gasteiger partial charge in [-0.2, -0.15) is 0 Å². The van der Waals surface area contributed by atoms with E-state index in [1.54, 1.807) is 36.8 Å². The van der Waals surface area contributed by atoms with Crippen LogP contribution in [0.1, 0.15) is 35.3 Å². The molecular weight excluding hydrogens is 434 g/mol. The van der Waals surface area contributed by atoms with Crippen molar-refractivity contribution in [1.29, 1.82) is 0 Å². The van der Waals surface area contributed by atoms with Crippen molar-refractivity contribution in [2.45, 2.75) is 36.0 Å². The summed E-state index contributed by atoms with van der Waals surface area (Å²) in [7, 11) is -2.18. The van der Waals surface area contributed by atoms with E-state index in [1.807, 2.05) is 32.0 Å². The zero-order chi connectivity index (χ0) is 22.2. The minimum atomic E-state index is -3.76. The second-order valence-corrected chi connectivity index (χ2v) is 10.1. The second-order valence-electron chi connectivity index (χ2n) is 7.30. The molecule has 0 radical (unpaired) electrons. The van der Waals surface area contributed by atoms with Gasteiger partial charge < -0.3 is 14.8 Å². The van der Waals surface area contributed by atoms with Gasteiger partial charge in [-0.1, -0.05) is 23.8 Å². The molecule has 1 atom stereocenters. The highest BCUT2D eigenvalue weighted by Gasteiger charge is 2.34. The fourth-order valence-electron chi connectivity index (χ4n) is 3.69. The van der Waals surface area contributed by atoms with Crippen LogP contribution in [0.3, 0.4) is 0 Å². The van der Waals surface area contributed by atoms with Crippen molar-refractivity contribution in [1.82, 2.24) is 0 Å². The van der Waals surface area contributed by atoms with Gasteiger partial charge in [0, 0.05) is 22.6 Å². The Hall–Kier alpha value is -2.84. The third kappa shape index (κ3) is 3.93. The Morgan fingerprint density at radius 1 is 1.13 bits per heavy atom. The number of ether oxygens (including phenoxy) is 2. The van der Waals surface area contributed by atoms with E-state index < -0.39 is 9.84 Å². The highest BCUT2D eigenvalue weighted by Crippen LogP contribution is 2.47. The Balaban J connectivity index is 1.79. The van der Waals surface area contributed by atoms with E-state index in [0.29, 0.717) is 23.8 Å². The van der Waals surface area contributed by atoms with Crippen molar-refractivity contribution in [2.75, 3.05) is 19.0 Å². The van der Waals surface area contributed by atoms with Crippen molar-refractivity contribution in [3.63, 3.8) is 0 Å². The summed E-state index contributed by atoms with van der Waals surface area (Å²) in [5.74, 6) is 0.727. The standard InChI is InChI=1S/C23H23NO5S2/c1-4-29-19-11-15(7-10-18(19)28-3)17-12-21(25)24-22-20(13-30-23(17)22)31(26,27)16-8-5-14(2)6-9-16/h5-11,13,17H,4,12H2,1-3H3,(H,24,25). The van der Waals surface area contributed by atoms with E-state index in [9.17, 15) is 13.2 Å². The van der Waals surface area contributed by atoms with Gasteiger partial charge in [-0.3, -0.25) is 4.79 Å². The molecule has 3 aromatic rings. The third-order valence-electron chi connectivity index (χ3n) is 5.27. The minimum Gasteiger partial charge on any atom is -0.493 e. The van der Waals surface area contributed by atoms with Gasteiger partial charge >= 0.3 is 0 Å². The van der Waals surface area contributed by atoms with E-state index >= 15 is 0 Å². The largest absolute Gasteiger partial charge is 0.493 e. The Kier molecular flexibility index (Phi) is 5.77. The van der Waals surface area contributed by atoms with Gasteiger partial charge in [-0.05, 0) is 43.7 Å². The van der Waals surface area contributed by atoms with Crippen LogP contribution in [0.5, 0.6) is 11.5 Å². The summed E-state index contributed by atoms with van der Waals surface area (Å²) in [6.07, 6.45) is 0.232. The monoisotopic (exact) mass is 457 g/mol. The number of methoxy groups -OCH3 is 1. The van der Waals surface area contributed by atoms with Gasteiger partial charge in [0.15, 0.2) is 11.5 Å². The number of hydrogen-bond acceptors (Lipinski definition) is 6. The highest BCUT2D eigenvalue weighted by molar-refractivity contribution is 7.91. The third-order valence-corrected chi connectivity index (χ3v) is 8.31. The molecule has 2 aromatic carbocycles. The molecule has 0 bridgehead atoms. The molecule has 162 valence electrons. The lowest BCUT2D eigenvalue weighted by molar-refractivity contribution is -0.116. The predicted molar refractivity (Wildman–Crippen MR) is 120 cm³/mol. The normalized spacial score (nSPS) is 15.8. The number of benzene rings is 2. The molecule has 1 aliphatic rings. The molecule has 6 nitrogen and oxygen atoms in total. The number of rotatable bonds is 6. The number of anilines is 1. The molecule has 1 unspecified atom stereocenters. The van der Waals surface area contributed by atoms with Crippen LogP contribution in [0.4, 0.5) is 5.69 Å². The molecule has 0 saturated heterocycles. The molecule has 1 aromatic heterocycles. The smallest absolute Gasteiger partial charge is 0.225 e. The number of carbonyl (C=O) groups is 1. The lowest BCUT2D eigenvalue weighted by Gasteiger charge is -2.24. The van der Waals surface area contributed by atoms with Crippen LogP contribution >= 0.6 is 11.3 Å². The maximum Gasteiger partial charge on any atom is 0.225 e. The summed E-state index contributed by atoms with van der Waals surface area (Å²) in [6.45, 7) is 4.27. The van der Waals surface area contributed by atoms with Crippen LogP contribution in [-0.2, 0) is 14.6 Å². The molecule has 1 N–H and O–H groups in total. The van der Waals surface area contributed by atoms with Gasteiger partial charge in [0.25, 0.3) is 0 Å². The number of fused-ring (bicyclic) bond motifs is 1. The molecular formula is C23H23NO5S2. The first-order chi connectivity index (χ1) is 14.8. The van der Waals surface area contributed by atoms with Crippen LogP contribution in [0.2, 0.25) is 0 Å². The predicted octanol–water partition coefficient (Wildman–Crippen LogP) is 4.77. The second kappa shape index (κ2) is 8.36. The summed E-state index contributed by atoms with van der Waals surface area (Å²) in [5, 5.41) is 4.41. The number of amides is 1. The number of nitrogens with one attached hydrogen (secondary N) is 1. The van der Waals surface area contributed by atoms with E-state index in [-0.39, 0.29) is 28.0 Å². The summed E-state index contributed by atoms with van der Waals surface area (Å²) < 4.78 is 37.6. The number of carbonyl (C=O) groups excluding carboxylic acids is 1. The molecule has 2 heterocycles. The molecule has 31 heavy (non-hydrogen) atoms. The fourth-order valence-corrected chi connectivity index (χ4v) is 6.60. The van der Waals surface area contributed by atoms with Gasteiger partial charge in [-0.25, -0.2) is 8.42 Å². The van der Waals surface area contributed by atoms with E-state index in [1.165, 1.54) is 11.3 Å². The van der Waals surface area contributed by atoms with Gasteiger partial charge in [-0.15, -0.1) is 11.3 Å². The average Bonchev–Trinajstić information content (AvgIpc) is 3.18. The van der Waals surface area contributed by atoms with Gasteiger partial charge in [0.1, 0.15) is 4.90 Å². The molecule has 4 rings (SSSR count). The molecule has 1 aliphatic heterocycles. The van der Waals surface area contributed by atoms with Crippen LogP contribution in [0.15, 0.2) is 57.6 Å². The van der Waals surface area contributed by atoms with Crippen molar-refractivity contribution in [2.24, 2.45) is 0 Å². The fraction of sp³-hybridized carbons (Fsp3) is 0.261. The maximum atomic E-state index is 13.3. The van der Waals surface area contributed by atoms with Crippen molar-refractivity contribution >= 4 is 32.8 Å². The zero-order valence-electron chi connectivity index (χ0n) is 17.5. The quantitative estimate of drug-likeness (QED) is 0.577. The first kappa shape index (κ1) is 21.4. The molecule has 0 aliphatic carbocycles. The Labute approximate surface area is 185 Å². The summed E-state index contributed by atoms with van der Waals surface area (Å²) in [5.41, 5.74) is 2.23. The number of hydrogen-bond donors (Lipinski definition) is 1. The van der Waals surface area contributed by atoms with Gasteiger partial charge in [0.05, 0.1) is 24.3 Å². The van der Waals surface area contributed by atoms with Crippen molar-refractivity contribution in [3.8, 4) is 11.5 Å². The maximum absolute atomic E-state index is 13.3. The van der Waals surface area contributed by atoms with Crippen molar-refractivity contribution in [3.05, 3.63) is 63.8 Å². The number of sulfone groups is 1. The van der Waals surface area contributed by atoms with E-state index in [2.05, 4.69) is 5.32 Å². The van der Waals surface area contributed by atoms with Crippen LogP contribution in [0, 0.1) is 6.92 Å². The van der Waals surface area contributed by atoms with E-state index in [0.717, 1.165) is 16.0 Å². The molecule has 8 heteroatoms. The summed E-state index contributed by atoms with van der Waals surface area (Å²) >= 11 is 1.34. The van der Waals surface area contributed by atoms with Crippen LogP contribution in [-0.4, -0.2) is 28.0 Å². The number of aryl methyl sites for hydroxylation is 1. The minimum absolute atomic E-state index is 0.132. The first-order valence-electron chi connectivity index (χ1n) is 9.89. The summed E-state index contributed by atoms with van der Waals surface area (Å²) in [4.78, 5) is 13.7. The lowest BCUT2D eigenvalue weighted by atomic mass is 9.90. The van der Waals surface area contributed by atoms with Crippen molar-refractivity contribution < 1.29 is 22.7 Å². The highest BCUT2D eigenvalue weighted by atomic mass is 32.2. The van der Waals surface area contributed by atoms with Crippen LogP contribution < -0.4 is 14.8 Å². The summed E-state index contributed by atoms with van der Waals surface area (Å²) in [6, 6.07) is 12.3. The Bertz CT molecular complexity index is 1230. The SMILES string of the molecule is CCOc1cc(C2CC(=O)Nc3c(S(=O)(=O)c4ccc(C)cc4)csc32)ccc1OC. The molecule has 1 amide bonds. The molecule has 0 fully saturated rings. The van der Waals surface area contributed by atoms with Gasteiger partial charge in [0.2, 0.25) is 15.7 Å². The zero-order valence-corrected chi connectivity index (χ0v) is 19.1. The number of thiophene rings is 1.